The lowest BCUT2D eigenvalue weighted by Gasteiger charge is -2.25. The molecule has 4 nitrogen and oxygen atoms in total. The predicted molar refractivity (Wildman–Crippen MR) is 101 cm³/mol. The zero-order valence-corrected chi connectivity index (χ0v) is 15.8. The molecular weight excluding hydrogens is 332 g/mol. The van der Waals surface area contributed by atoms with Crippen LogP contribution in [0.15, 0.2) is 41.8 Å². The number of nitrogens with one attached hydrogen (secondary N) is 2. The molecule has 134 valence electrons. The van der Waals surface area contributed by atoms with E-state index in [1.807, 2.05) is 12.1 Å². The van der Waals surface area contributed by atoms with Crippen LogP contribution in [0.4, 0.5) is 0 Å². The third-order valence-corrected chi connectivity index (χ3v) is 5.81. The maximum atomic E-state index is 12.6. The molecule has 0 saturated heterocycles. The predicted octanol–water partition coefficient (Wildman–Crippen LogP) is 2.05. The van der Waals surface area contributed by atoms with Crippen LogP contribution >= 0.6 is 11.3 Å². The maximum Gasteiger partial charge on any atom is 0.278 e. The minimum absolute atomic E-state index is 0.0297. The summed E-state index contributed by atoms with van der Waals surface area (Å²) in [5, 5.41) is 5.19. The Morgan fingerprint density at radius 3 is 2.68 bits per heavy atom. The van der Waals surface area contributed by atoms with E-state index >= 15 is 0 Å². The van der Waals surface area contributed by atoms with Crippen LogP contribution in [-0.4, -0.2) is 31.6 Å². The van der Waals surface area contributed by atoms with E-state index in [-0.39, 0.29) is 11.9 Å². The van der Waals surface area contributed by atoms with Gasteiger partial charge in [-0.1, -0.05) is 6.07 Å². The van der Waals surface area contributed by atoms with E-state index in [9.17, 15) is 4.79 Å². The zero-order chi connectivity index (χ0) is 17.6. The van der Waals surface area contributed by atoms with Crippen molar-refractivity contribution in [3.63, 3.8) is 0 Å². The molecule has 1 fully saturated rings. The third-order valence-electron chi connectivity index (χ3n) is 4.87. The van der Waals surface area contributed by atoms with E-state index in [1.54, 1.807) is 18.4 Å². The molecule has 0 aliphatic heterocycles. The number of hydrogen-bond donors (Lipinski definition) is 2. The molecule has 1 aromatic heterocycles. The molecule has 2 aromatic rings. The Morgan fingerprint density at radius 2 is 2.08 bits per heavy atom. The number of ether oxygens (including phenoxy) is 1. The zero-order valence-electron chi connectivity index (χ0n) is 15.0. The van der Waals surface area contributed by atoms with Gasteiger partial charge in [-0.15, -0.1) is 11.3 Å². The van der Waals surface area contributed by atoms with Crippen LogP contribution in [0, 0.1) is 0 Å². The Labute approximate surface area is 153 Å². The number of rotatable bonds is 9. The summed E-state index contributed by atoms with van der Waals surface area (Å²) >= 11 is 1.74. The van der Waals surface area contributed by atoms with Gasteiger partial charge in [0.15, 0.2) is 6.04 Å². The van der Waals surface area contributed by atoms with Crippen molar-refractivity contribution in [2.75, 3.05) is 13.7 Å². The minimum atomic E-state index is -0.0297. The van der Waals surface area contributed by atoms with Gasteiger partial charge in [0.2, 0.25) is 0 Å². The second-order valence-corrected chi connectivity index (χ2v) is 7.75. The molecule has 3 rings (SSSR count). The molecule has 0 bridgehead atoms. The van der Waals surface area contributed by atoms with E-state index in [1.165, 1.54) is 28.2 Å². The standard InChI is InChI=1S/C20H26N2O2S/c1-15(20(23)21-12-11-19-4-3-13-25-19)22(17-7-8-17)14-16-5-9-18(24-2)10-6-16/h3-6,9-10,13,15,17H,7-8,11-12,14H2,1-2H3,(H,21,23)/p+1/t15-/m0/s1. The summed E-state index contributed by atoms with van der Waals surface area (Å²) in [4.78, 5) is 15.3. The van der Waals surface area contributed by atoms with Crippen molar-refractivity contribution in [1.29, 1.82) is 0 Å². The highest BCUT2D eigenvalue weighted by Crippen LogP contribution is 2.17. The Morgan fingerprint density at radius 1 is 1.32 bits per heavy atom. The van der Waals surface area contributed by atoms with Gasteiger partial charge in [0, 0.05) is 29.8 Å². The molecule has 0 radical (unpaired) electrons. The topological polar surface area (TPSA) is 42.8 Å². The number of methoxy groups -OCH3 is 1. The molecule has 1 aliphatic carbocycles. The van der Waals surface area contributed by atoms with Crippen molar-refractivity contribution < 1.29 is 14.4 Å². The lowest BCUT2D eigenvalue weighted by atomic mass is 10.1. The normalized spacial score (nSPS) is 16.2. The largest absolute Gasteiger partial charge is 0.497 e. The molecular formula is C20H27N2O2S+. The second-order valence-electron chi connectivity index (χ2n) is 6.72. The maximum absolute atomic E-state index is 12.6. The molecule has 5 heteroatoms. The van der Waals surface area contributed by atoms with Crippen molar-refractivity contribution in [2.45, 2.75) is 44.8 Å². The monoisotopic (exact) mass is 359 g/mol. The first-order valence-corrected chi connectivity index (χ1v) is 9.84. The molecule has 2 atom stereocenters. The van der Waals surface area contributed by atoms with E-state index in [0.29, 0.717) is 12.6 Å². The van der Waals surface area contributed by atoms with Gasteiger partial charge in [0.05, 0.1) is 13.2 Å². The summed E-state index contributed by atoms with van der Waals surface area (Å²) in [6, 6.07) is 12.9. The van der Waals surface area contributed by atoms with Gasteiger partial charge in [-0.25, -0.2) is 0 Å². The van der Waals surface area contributed by atoms with Gasteiger partial charge in [0.25, 0.3) is 5.91 Å². The van der Waals surface area contributed by atoms with Crippen LogP contribution in [0.2, 0.25) is 0 Å². The summed E-state index contributed by atoms with van der Waals surface area (Å²) in [6.45, 7) is 3.65. The summed E-state index contributed by atoms with van der Waals surface area (Å²) < 4.78 is 5.22. The lowest BCUT2D eigenvalue weighted by molar-refractivity contribution is -0.938. The van der Waals surface area contributed by atoms with Crippen LogP contribution in [0.3, 0.4) is 0 Å². The Kier molecular flexibility index (Phi) is 6.10. The number of amides is 1. The van der Waals surface area contributed by atoms with Crippen molar-refractivity contribution >= 4 is 17.2 Å². The fraction of sp³-hybridized carbons (Fsp3) is 0.450. The van der Waals surface area contributed by atoms with Crippen LogP contribution in [-0.2, 0) is 17.8 Å². The van der Waals surface area contributed by atoms with Crippen LogP contribution < -0.4 is 15.0 Å². The highest BCUT2D eigenvalue weighted by atomic mass is 32.1. The first kappa shape index (κ1) is 18.0. The van der Waals surface area contributed by atoms with E-state index in [4.69, 9.17) is 4.74 Å². The first-order chi connectivity index (χ1) is 12.2. The third kappa shape index (κ3) is 5.06. The molecule has 0 spiro atoms. The first-order valence-electron chi connectivity index (χ1n) is 8.96. The van der Waals surface area contributed by atoms with Gasteiger partial charge in [0.1, 0.15) is 12.3 Å². The van der Waals surface area contributed by atoms with Crippen molar-refractivity contribution in [3.05, 3.63) is 52.2 Å². The minimum Gasteiger partial charge on any atom is -0.497 e. The van der Waals surface area contributed by atoms with Crippen LogP contribution in [0.25, 0.3) is 0 Å². The summed E-state index contributed by atoms with van der Waals surface area (Å²) in [5.74, 6) is 1.03. The second kappa shape index (κ2) is 8.50. The highest BCUT2D eigenvalue weighted by molar-refractivity contribution is 7.09. The SMILES string of the molecule is COc1ccc(C[NH+](C2CC2)[C@@H](C)C(=O)NCCc2cccs2)cc1. The Balaban J connectivity index is 1.54. The van der Waals surface area contributed by atoms with E-state index in [2.05, 4.69) is 41.9 Å². The van der Waals surface area contributed by atoms with Crippen LogP contribution in [0.1, 0.15) is 30.2 Å². The number of benzene rings is 1. The molecule has 1 aromatic carbocycles. The molecule has 25 heavy (non-hydrogen) atoms. The lowest BCUT2D eigenvalue weighted by Crippen LogP contribution is -3.16. The summed E-state index contributed by atoms with van der Waals surface area (Å²) in [6.07, 6.45) is 3.35. The molecule has 1 heterocycles. The molecule has 2 N–H and O–H groups in total. The van der Waals surface area contributed by atoms with Gasteiger partial charge in [-0.05, 0) is 49.1 Å². The van der Waals surface area contributed by atoms with Crippen molar-refractivity contribution in [3.8, 4) is 5.75 Å². The number of hydrogen-bond acceptors (Lipinski definition) is 3. The summed E-state index contributed by atoms with van der Waals surface area (Å²) in [7, 11) is 1.68. The molecule has 1 unspecified atom stereocenters. The number of carbonyl (C=O) groups excluding carboxylic acids is 1. The van der Waals surface area contributed by atoms with Crippen LogP contribution in [0.5, 0.6) is 5.75 Å². The number of quaternary nitrogens is 1. The Hall–Kier alpha value is -1.85. The fourth-order valence-corrected chi connectivity index (χ4v) is 3.88. The number of carbonyl (C=O) groups is 1. The van der Waals surface area contributed by atoms with Gasteiger partial charge in [-0.3, -0.25) is 4.79 Å². The van der Waals surface area contributed by atoms with Crippen molar-refractivity contribution in [1.82, 2.24) is 5.32 Å². The number of thiophene rings is 1. The van der Waals surface area contributed by atoms with E-state index < -0.39 is 0 Å². The van der Waals surface area contributed by atoms with Crippen molar-refractivity contribution in [2.24, 2.45) is 0 Å². The van der Waals surface area contributed by atoms with Gasteiger partial charge < -0.3 is 15.0 Å². The van der Waals surface area contributed by atoms with E-state index in [0.717, 1.165) is 18.7 Å². The molecule has 1 amide bonds. The molecule has 1 saturated carbocycles. The van der Waals surface area contributed by atoms with Gasteiger partial charge >= 0.3 is 0 Å². The fourth-order valence-electron chi connectivity index (χ4n) is 3.17. The van der Waals surface area contributed by atoms with Gasteiger partial charge in [-0.2, -0.15) is 0 Å². The summed E-state index contributed by atoms with van der Waals surface area (Å²) in [5.41, 5.74) is 1.25. The smallest absolute Gasteiger partial charge is 0.278 e. The highest BCUT2D eigenvalue weighted by Gasteiger charge is 2.39. The Bertz CT molecular complexity index is 666. The molecule has 1 aliphatic rings. The average Bonchev–Trinajstić information content (AvgIpc) is 3.35. The quantitative estimate of drug-likeness (QED) is 0.720. The average molecular weight is 360 g/mol.